The molecule has 100 valence electrons. The molecule has 0 bridgehead atoms. The molecule has 0 aliphatic carbocycles. The molecule has 0 radical (unpaired) electrons. The summed E-state index contributed by atoms with van der Waals surface area (Å²) in [6, 6.07) is 21.8. The molecular formula is C16H21NP2. The van der Waals surface area contributed by atoms with Crippen molar-refractivity contribution < 1.29 is 0 Å². The Bertz CT molecular complexity index is 419. The van der Waals surface area contributed by atoms with Crippen molar-refractivity contribution in [3.05, 3.63) is 60.7 Å². The third-order valence-corrected chi connectivity index (χ3v) is 5.77. The minimum Gasteiger partial charge on any atom is -0.316 e. The highest BCUT2D eigenvalue weighted by Crippen LogP contribution is 2.32. The van der Waals surface area contributed by atoms with Crippen LogP contribution in [0.15, 0.2) is 60.7 Å². The Balaban J connectivity index is 2.10. The van der Waals surface area contributed by atoms with E-state index in [1.54, 1.807) is 0 Å². The predicted octanol–water partition coefficient (Wildman–Crippen LogP) is 2.58. The van der Waals surface area contributed by atoms with Crippen LogP contribution in [-0.4, -0.2) is 25.4 Å². The number of rotatable bonds is 7. The molecular weight excluding hydrogens is 268 g/mol. The van der Waals surface area contributed by atoms with Gasteiger partial charge in [0, 0.05) is 0 Å². The summed E-state index contributed by atoms with van der Waals surface area (Å²) in [4.78, 5) is 0. The molecule has 0 aliphatic rings. The summed E-state index contributed by atoms with van der Waals surface area (Å²) in [6.07, 6.45) is 2.32. The van der Waals surface area contributed by atoms with E-state index in [1.165, 1.54) is 16.8 Å². The summed E-state index contributed by atoms with van der Waals surface area (Å²) >= 11 is 0. The third kappa shape index (κ3) is 4.69. The number of benzene rings is 2. The Labute approximate surface area is 119 Å². The van der Waals surface area contributed by atoms with Crippen LogP contribution in [0.5, 0.6) is 0 Å². The normalized spacial score (nSPS) is 10.8. The molecule has 2 rings (SSSR count). The Kier molecular flexibility index (Phi) is 6.51. The quantitative estimate of drug-likeness (QED) is 0.610. The summed E-state index contributed by atoms with van der Waals surface area (Å²) in [6.45, 7) is 2.17. The van der Waals surface area contributed by atoms with Gasteiger partial charge in [0.25, 0.3) is 0 Å². The van der Waals surface area contributed by atoms with Gasteiger partial charge in [0.15, 0.2) is 0 Å². The molecule has 19 heavy (non-hydrogen) atoms. The molecule has 1 N–H and O–H groups in total. The summed E-state index contributed by atoms with van der Waals surface area (Å²) in [5, 5.41) is 6.44. The highest BCUT2D eigenvalue weighted by molar-refractivity contribution is 7.73. The maximum Gasteiger partial charge on any atom is -0.000333 e. The zero-order valence-electron chi connectivity index (χ0n) is 11.1. The topological polar surface area (TPSA) is 12.0 Å². The van der Waals surface area contributed by atoms with Gasteiger partial charge in [0.05, 0.1) is 0 Å². The van der Waals surface area contributed by atoms with Crippen LogP contribution < -0.4 is 15.9 Å². The van der Waals surface area contributed by atoms with Gasteiger partial charge in [-0.15, -0.1) is 9.24 Å². The van der Waals surface area contributed by atoms with Crippen molar-refractivity contribution in [2.45, 2.75) is 0 Å². The molecule has 1 atom stereocenters. The fourth-order valence-electron chi connectivity index (χ4n) is 2.04. The lowest BCUT2D eigenvalue weighted by Crippen LogP contribution is -2.24. The monoisotopic (exact) mass is 289 g/mol. The molecule has 0 aliphatic heterocycles. The molecule has 0 spiro atoms. The van der Waals surface area contributed by atoms with Crippen LogP contribution >= 0.6 is 17.2 Å². The van der Waals surface area contributed by atoms with Gasteiger partial charge < -0.3 is 5.32 Å². The average Bonchev–Trinajstić information content (AvgIpc) is 2.49. The van der Waals surface area contributed by atoms with E-state index in [1.807, 2.05) is 0 Å². The van der Waals surface area contributed by atoms with Gasteiger partial charge in [-0.25, -0.2) is 0 Å². The first-order valence-corrected chi connectivity index (χ1v) is 9.04. The van der Waals surface area contributed by atoms with Crippen molar-refractivity contribution in [3.8, 4) is 0 Å². The van der Waals surface area contributed by atoms with Gasteiger partial charge in [-0.3, -0.25) is 0 Å². The molecule has 0 fully saturated rings. The molecule has 0 amide bonds. The minimum absolute atomic E-state index is 0.237. The summed E-state index contributed by atoms with van der Waals surface area (Å²) in [5.41, 5.74) is 0. The van der Waals surface area contributed by atoms with E-state index in [9.17, 15) is 0 Å². The Hall–Kier alpha value is -0.740. The first-order valence-electron chi connectivity index (χ1n) is 6.70. The fourth-order valence-corrected chi connectivity index (χ4v) is 4.51. The molecule has 2 aromatic rings. The smallest absolute Gasteiger partial charge is 0.000333 e. The van der Waals surface area contributed by atoms with E-state index >= 15 is 0 Å². The van der Waals surface area contributed by atoms with Crippen molar-refractivity contribution in [2.75, 3.05) is 25.4 Å². The van der Waals surface area contributed by atoms with E-state index in [0.717, 1.165) is 19.3 Å². The maximum atomic E-state index is 3.50. The Morgan fingerprint density at radius 1 is 0.789 bits per heavy atom. The molecule has 1 nitrogen and oxygen atoms in total. The summed E-state index contributed by atoms with van der Waals surface area (Å²) in [7, 11) is 2.53. The Morgan fingerprint density at radius 3 is 1.79 bits per heavy atom. The van der Waals surface area contributed by atoms with Crippen molar-refractivity contribution in [2.24, 2.45) is 0 Å². The number of hydrogen-bond acceptors (Lipinski definition) is 1. The second kappa shape index (κ2) is 8.43. The second-order valence-electron chi connectivity index (χ2n) is 4.36. The van der Waals surface area contributed by atoms with Gasteiger partial charge >= 0.3 is 0 Å². The molecule has 0 aromatic heterocycles. The zero-order chi connectivity index (χ0) is 13.3. The zero-order valence-corrected chi connectivity index (χ0v) is 13.2. The van der Waals surface area contributed by atoms with Gasteiger partial charge in [0.1, 0.15) is 0 Å². The Morgan fingerprint density at radius 2 is 1.32 bits per heavy atom. The van der Waals surface area contributed by atoms with Crippen molar-refractivity contribution in [1.82, 2.24) is 5.32 Å². The van der Waals surface area contributed by atoms with Crippen LogP contribution in [0.3, 0.4) is 0 Å². The molecule has 0 saturated carbocycles. The van der Waals surface area contributed by atoms with Gasteiger partial charge in [-0.1, -0.05) is 60.7 Å². The van der Waals surface area contributed by atoms with E-state index in [4.69, 9.17) is 0 Å². The summed E-state index contributed by atoms with van der Waals surface area (Å²) < 4.78 is 0. The van der Waals surface area contributed by atoms with Crippen LogP contribution in [0.25, 0.3) is 0 Å². The van der Waals surface area contributed by atoms with E-state index in [2.05, 4.69) is 75.2 Å². The largest absolute Gasteiger partial charge is 0.316 e. The first-order chi connectivity index (χ1) is 9.42. The van der Waals surface area contributed by atoms with Gasteiger partial charge in [-0.2, -0.15) is 0 Å². The molecule has 0 heterocycles. The van der Waals surface area contributed by atoms with Crippen LogP contribution in [0.2, 0.25) is 0 Å². The predicted molar refractivity (Wildman–Crippen MR) is 91.4 cm³/mol. The molecule has 2 aromatic carbocycles. The number of hydrogen-bond donors (Lipinski definition) is 1. The van der Waals surface area contributed by atoms with Crippen LogP contribution in [0.1, 0.15) is 0 Å². The van der Waals surface area contributed by atoms with Crippen molar-refractivity contribution in [3.63, 3.8) is 0 Å². The minimum atomic E-state index is -0.237. The maximum absolute atomic E-state index is 3.50. The fraction of sp³-hybridized carbons (Fsp3) is 0.250. The molecule has 0 saturated heterocycles. The lowest BCUT2D eigenvalue weighted by atomic mass is 10.4. The lowest BCUT2D eigenvalue weighted by molar-refractivity contribution is 0.773. The molecule has 3 heteroatoms. The number of nitrogens with one attached hydrogen (secondary N) is 1. The summed E-state index contributed by atoms with van der Waals surface area (Å²) in [5.74, 6) is 0. The first kappa shape index (κ1) is 14.7. The van der Waals surface area contributed by atoms with Crippen molar-refractivity contribution >= 4 is 27.8 Å². The van der Waals surface area contributed by atoms with E-state index in [0.29, 0.717) is 0 Å². The highest BCUT2D eigenvalue weighted by Gasteiger charge is 2.12. The SMILES string of the molecule is PCCNCCP(c1ccccc1)c1ccccc1. The third-order valence-electron chi connectivity index (χ3n) is 2.97. The van der Waals surface area contributed by atoms with E-state index < -0.39 is 0 Å². The lowest BCUT2D eigenvalue weighted by Gasteiger charge is -2.18. The molecule has 1 unspecified atom stereocenters. The van der Waals surface area contributed by atoms with Gasteiger partial charge in [0.2, 0.25) is 0 Å². The second-order valence-corrected chi connectivity index (χ2v) is 7.27. The van der Waals surface area contributed by atoms with Crippen LogP contribution in [-0.2, 0) is 0 Å². The van der Waals surface area contributed by atoms with E-state index in [-0.39, 0.29) is 7.92 Å². The van der Waals surface area contributed by atoms with Gasteiger partial charge in [-0.05, 0) is 43.9 Å². The average molecular weight is 289 g/mol. The standard InChI is InChI=1S/C16H21NP2/c18-13-11-17-12-14-19(15-7-3-1-4-8-15)16-9-5-2-6-10-16/h1-10,17H,11-14,18H2. The van der Waals surface area contributed by atoms with Crippen LogP contribution in [0, 0.1) is 0 Å². The highest BCUT2D eigenvalue weighted by atomic mass is 31.1. The van der Waals surface area contributed by atoms with Crippen molar-refractivity contribution in [1.29, 1.82) is 0 Å². The van der Waals surface area contributed by atoms with Crippen LogP contribution in [0.4, 0.5) is 0 Å².